The van der Waals surface area contributed by atoms with Crippen LogP contribution in [0.2, 0.25) is 5.02 Å². The minimum atomic E-state index is -0.286. The quantitative estimate of drug-likeness (QED) is 0.850. The largest absolute Gasteiger partial charge is 0.378 e. The number of amides is 2. The molecule has 1 aromatic heterocycles. The Bertz CT molecular complexity index is 759. The van der Waals surface area contributed by atoms with Crippen LogP contribution in [-0.2, 0) is 11.3 Å². The number of ether oxygens (including phenoxy) is 1. The van der Waals surface area contributed by atoms with Gasteiger partial charge in [0.1, 0.15) is 0 Å². The lowest BCUT2D eigenvalue weighted by atomic mass is 10.2. The number of nitrogens with zero attached hydrogens (tertiary/aromatic N) is 2. The third kappa shape index (κ3) is 4.62. The Hall–Kier alpha value is -1.83. The summed E-state index contributed by atoms with van der Waals surface area (Å²) in [4.78, 5) is 19.8. The maximum atomic E-state index is 12.2. The van der Waals surface area contributed by atoms with Crippen molar-refractivity contribution in [2.45, 2.75) is 20.4 Å². The van der Waals surface area contributed by atoms with E-state index in [4.69, 9.17) is 16.3 Å². The second-order valence-electron chi connectivity index (χ2n) is 5.81. The van der Waals surface area contributed by atoms with Gasteiger partial charge in [-0.3, -0.25) is 0 Å². The molecule has 0 saturated carbocycles. The van der Waals surface area contributed by atoms with E-state index in [1.54, 1.807) is 17.4 Å². The Balaban J connectivity index is 1.63. The van der Waals surface area contributed by atoms with Crippen LogP contribution in [0.25, 0.3) is 0 Å². The molecular weight excluding hydrogens is 360 g/mol. The van der Waals surface area contributed by atoms with Crippen molar-refractivity contribution in [2.75, 3.05) is 36.5 Å². The maximum absolute atomic E-state index is 12.2. The number of thiazole rings is 1. The first kappa shape index (κ1) is 18.0. The van der Waals surface area contributed by atoms with Gasteiger partial charge < -0.3 is 20.3 Å². The standard InChI is InChI=1S/C17H21ClN4O2S/c1-11-16(25-12(2)20-11)10-19-17(23)21-15-9-13(3-4-14(15)18)22-5-7-24-8-6-22/h3-4,9H,5-8,10H2,1-2H3,(H2,19,21,23). The number of nitrogens with one attached hydrogen (secondary N) is 2. The predicted octanol–water partition coefficient (Wildman–Crippen LogP) is 3.57. The van der Waals surface area contributed by atoms with Crippen molar-refractivity contribution < 1.29 is 9.53 Å². The van der Waals surface area contributed by atoms with Gasteiger partial charge in [-0.1, -0.05) is 11.6 Å². The van der Waals surface area contributed by atoms with E-state index in [9.17, 15) is 4.79 Å². The smallest absolute Gasteiger partial charge is 0.319 e. The zero-order chi connectivity index (χ0) is 17.8. The van der Waals surface area contributed by atoms with E-state index in [1.807, 2.05) is 26.0 Å². The van der Waals surface area contributed by atoms with Crippen LogP contribution in [0.15, 0.2) is 18.2 Å². The Morgan fingerprint density at radius 2 is 2.12 bits per heavy atom. The topological polar surface area (TPSA) is 66.5 Å². The van der Waals surface area contributed by atoms with E-state index in [1.165, 1.54) is 0 Å². The molecule has 0 unspecified atom stereocenters. The fourth-order valence-corrected chi connectivity index (χ4v) is 3.73. The molecule has 0 spiro atoms. The van der Waals surface area contributed by atoms with Crippen LogP contribution in [0.3, 0.4) is 0 Å². The number of urea groups is 1. The molecule has 1 aromatic carbocycles. The summed E-state index contributed by atoms with van der Waals surface area (Å²) in [6.07, 6.45) is 0. The predicted molar refractivity (Wildman–Crippen MR) is 102 cm³/mol. The Morgan fingerprint density at radius 1 is 1.36 bits per heavy atom. The molecule has 1 aliphatic heterocycles. The molecule has 0 radical (unpaired) electrons. The highest BCUT2D eigenvalue weighted by atomic mass is 35.5. The summed E-state index contributed by atoms with van der Waals surface area (Å²) in [5, 5.41) is 7.19. The van der Waals surface area contributed by atoms with Crippen LogP contribution in [0.5, 0.6) is 0 Å². The van der Waals surface area contributed by atoms with Crippen LogP contribution >= 0.6 is 22.9 Å². The van der Waals surface area contributed by atoms with E-state index in [2.05, 4.69) is 20.5 Å². The van der Waals surface area contributed by atoms with Crippen molar-refractivity contribution >= 4 is 40.3 Å². The van der Waals surface area contributed by atoms with E-state index in [0.717, 1.165) is 34.4 Å². The zero-order valence-electron chi connectivity index (χ0n) is 14.3. The summed E-state index contributed by atoms with van der Waals surface area (Å²) in [5.74, 6) is 0. The van der Waals surface area contributed by atoms with E-state index < -0.39 is 0 Å². The highest BCUT2D eigenvalue weighted by Crippen LogP contribution is 2.28. The lowest BCUT2D eigenvalue weighted by Crippen LogP contribution is -2.36. The van der Waals surface area contributed by atoms with Gasteiger partial charge in [0, 0.05) is 23.7 Å². The molecule has 8 heteroatoms. The van der Waals surface area contributed by atoms with Crippen molar-refractivity contribution in [1.29, 1.82) is 0 Å². The molecule has 0 bridgehead atoms. The number of aryl methyl sites for hydroxylation is 2. The number of halogens is 1. The van der Waals surface area contributed by atoms with Crippen LogP contribution in [0.4, 0.5) is 16.2 Å². The van der Waals surface area contributed by atoms with Gasteiger partial charge in [0.2, 0.25) is 0 Å². The summed E-state index contributed by atoms with van der Waals surface area (Å²) in [6.45, 7) is 7.43. The number of aromatic nitrogens is 1. The van der Waals surface area contributed by atoms with Crippen LogP contribution in [0, 0.1) is 13.8 Å². The summed E-state index contributed by atoms with van der Waals surface area (Å²) in [5.41, 5.74) is 2.58. The SMILES string of the molecule is Cc1nc(C)c(CNC(=O)Nc2cc(N3CCOCC3)ccc2Cl)s1. The number of hydrogen-bond acceptors (Lipinski definition) is 5. The first-order valence-corrected chi connectivity index (χ1v) is 9.32. The molecular formula is C17H21ClN4O2S. The van der Waals surface area contributed by atoms with Crippen molar-refractivity contribution in [3.63, 3.8) is 0 Å². The number of carbonyl (C=O) groups excluding carboxylic acids is 1. The third-order valence-electron chi connectivity index (χ3n) is 3.98. The summed E-state index contributed by atoms with van der Waals surface area (Å²) in [7, 11) is 0. The van der Waals surface area contributed by atoms with Crippen molar-refractivity contribution in [3.8, 4) is 0 Å². The van der Waals surface area contributed by atoms with Gasteiger partial charge >= 0.3 is 6.03 Å². The summed E-state index contributed by atoms with van der Waals surface area (Å²) >= 11 is 7.82. The van der Waals surface area contributed by atoms with E-state index >= 15 is 0 Å². The molecule has 0 aliphatic carbocycles. The van der Waals surface area contributed by atoms with E-state index in [-0.39, 0.29) is 6.03 Å². The van der Waals surface area contributed by atoms with Gasteiger partial charge in [0.05, 0.1) is 41.2 Å². The first-order valence-electron chi connectivity index (χ1n) is 8.13. The molecule has 134 valence electrons. The van der Waals surface area contributed by atoms with E-state index in [0.29, 0.717) is 30.5 Å². The summed E-state index contributed by atoms with van der Waals surface area (Å²) in [6, 6.07) is 5.38. The monoisotopic (exact) mass is 380 g/mol. The van der Waals surface area contributed by atoms with Gasteiger partial charge in [0.25, 0.3) is 0 Å². The molecule has 25 heavy (non-hydrogen) atoms. The molecule has 2 N–H and O–H groups in total. The second-order valence-corrected chi connectivity index (χ2v) is 7.51. The number of carbonyl (C=O) groups is 1. The average Bonchev–Trinajstić information content (AvgIpc) is 2.93. The molecule has 2 aromatic rings. The lowest BCUT2D eigenvalue weighted by molar-refractivity contribution is 0.122. The molecule has 2 amide bonds. The third-order valence-corrected chi connectivity index (χ3v) is 5.39. The molecule has 1 aliphatic rings. The molecule has 1 fully saturated rings. The highest BCUT2D eigenvalue weighted by molar-refractivity contribution is 7.11. The minimum Gasteiger partial charge on any atom is -0.378 e. The van der Waals surface area contributed by atoms with Gasteiger partial charge in [-0.15, -0.1) is 11.3 Å². The Kier molecular flexibility index (Phi) is 5.78. The van der Waals surface area contributed by atoms with Crippen LogP contribution < -0.4 is 15.5 Å². The molecule has 2 heterocycles. The number of rotatable bonds is 4. The van der Waals surface area contributed by atoms with Crippen LogP contribution in [0.1, 0.15) is 15.6 Å². The fourth-order valence-electron chi connectivity index (χ4n) is 2.69. The van der Waals surface area contributed by atoms with Gasteiger partial charge in [0.15, 0.2) is 0 Å². The van der Waals surface area contributed by atoms with Crippen LogP contribution in [-0.4, -0.2) is 37.3 Å². The molecule has 1 saturated heterocycles. The van der Waals surface area contributed by atoms with Crippen molar-refractivity contribution in [2.24, 2.45) is 0 Å². The van der Waals surface area contributed by atoms with Gasteiger partial charge in [-0.25, -0.2) is 9.78 Å². The van der Waals surface area contributed by atoms with Crippen molar-refractivity contribution in [1.82, 2.24) is 10.3 Å². The average molecular weight is 381 g/mol. The lowest BCUT2D eigenvalue weighted by Gasteiger charge is -2.29. The minimum absolute atomic E-state index is 0.286. The number of benzene rings is 1. The molecule has 0 atom stereocenters. The molecule has 3 rings (SSSR count). The zero-order valence-corrected chi connectivity index (χ0v) is 15.8. The Morgan fingerprint density at radius 3 is 2.80 bits per heavy atom. The first-order chi connectivity index (χ1) is 12.0. The van der Waals surface area contributed by atoms with Gasteiger partial charge in [-0.2, -0.15) is 0 Å². The maximum Gasteiger partial charge on any atom is 0.319 e. The normalized spacial score (nSPS) is 14.4. The highest BCUT2D eigenvalue weighted by Gasteiger charge is 2.14. The summed E-state index contributed by atoms with van der Waals surface area (Å²) < 4.78 is 5.37. The number of anilines is 2. The van der Waals surface area contributed by atoms with Gasteiger partial charge in [-0.05, 0) is 32.0 Å². The Labute approximate surface area is 156 Å². The number of morpholine rings is 1. The molecule has 6 nitrogen and oxygen atoms in total. The second kappa shape index (κ2) is 8.03. The fraction of sp³-hybridized carbons (Fsp3) is 0.412. The number of hydrogen-bond donors (Lipinski definition) is 2. The van der Waals surface area contributed by atoms with Crippen molar-refractivity contribution in [3.05, 3.63) is 38.8 Å².